The Morgan fingerprint density at radius 1 is 1.26 bits per heavy atom. The third kappa shape index (κ3) is 6.08. The molecule has 1 amide bonds. The lowest BCUT2D eigenvalue weighted by molar-refractivity contribution is -0.144. The van der Waals surface area contributed by atoms with Crippen molar-refractivity contribution in [1.29, 1.82) is 0 Å². The summed E-state index contributed by atoms with van der Waals surface area (Å²) in [6.45, 7) is 2.02. The number of hydrogen-bond donors (Lipinski definition) is 2. The lowest BCUT2D eigenvalue weighted by atomic mass is 9.98. The summed E-state index contributed by atoms with van der Waals surface area (Å²) in [5.74, 6) is -1.20. The first-order valence-corrected chi connectivity index (χ1v) is 8.92. The number of carbonyl (C=O) groups is 2. The standard InChI is InChI=1S/C19H24N4O3.ClH/c24-18(14-22-10-4-5-16(13-22)19(25)26)20-9-8-15-11-21-23(12-15)17-6-2-1-3-7-17;/h1-3,6-7,11-12,16H,4-5,8-10,13-14H2,(H,20,24)(H,25,26);1H. The molecule has 1 atom stereocenters. The van der Waals surface area contributed by atoms with Crippen LogP contribution >= 0.6 is 12.4 Å². The van der Waals surface area contributed by atoms with Crippen molar-refractivity contribution in [3.63, 3.8) is 0 Å². The zero-order valence-electron chi connectivity index (χ0n) is 15.1. The molecular formula is C19H25ClN4O3. The van der Waals surface area contributed by atoms with Gasteiger partial charge in [-0.3, -0.25) is 14.5 Å². The molecule has 1 aromatic carbocycles. The van der Waals surface area contributed by atoms with E-state index in [4.69, 9.17) is 5.11 Å². The molecule has 3 rings (SSSR count). The van der Waals surface area contributed by atoms with E-state index < -0.39 is 5.97 Å². The number of nitrogens with zero attached hydrogens (tertiary/aromatic N) is 3. The van der Waals surface area contributed by atoms with E-state index in [-0.39, 0.29) is 30.8 Å². The highest BCUT2D eigenvalue weighted by atomic mass is 35.5. The van der Waals surface area contributed by atoms with Crippen molar-refractivity contribution in [2.24, 2.45) is 5.92 Å². The van der Waals surface area contributed by atoms with Crippen molar-refractivity contribution in [2.45, 2.75) is 19.3 Å². The highest BCUT2D eigenvalue weighted by Gasteiger charge is 2.26. The number of nitrogens with one attached hydrogen (secondary N) is 1. The molecule has 0 radical (unpaired) electrons. The maximum absolute atomic E-state index is 12.1. The molecule has 2 N–H and O–H groups in total. The number of likely N-dealkylation sites (tertiary alicyclic amines) is 1. The molecule has 1 fully saturated rings. The maximum atomic E-state index is 12.1. The first kappa shape index (κ1) is 20.9. The summed E-state index contributed by atoms with van der Waals surface area (Å²) in [4.78, 5) is 25.1. The number of aliphatic carboxylic acids is 1. The van der Waals surface area contributed by atoms with E-state index >= 15 is 0 Å². The third-order valence-electron chi connectivity index (χ3n) is 4.61. The molecule has 1 aromatic heterocycles. The predicted octanol–water partition coefficient (Wildman–Crippen LogP) is 1.75. The van der Waals surface area contributed by atoms with Crippen LogP contribution in [0.5, 0.6) is 0 Å². The molecule has 2 heterocycles. The molecule has 0 spiro atoms. The molecule has 27 heavy (non-hydrogen) atoms. The molecule has 0 bridgehead atoms. The minimum atomic E-state index is -0.773. The molecule has 8 heteroatoms. The van der Waals surface area contributed by atoms with E-state index in [1.54, 1.807) is 6.20 Å². The third-order valence-corrected chi connectivity index (χ3v) is 4.61. The summed E-state index contributed by atoms with van der Waals surface area (Å²) >= 11 is 0. The van der Waals surface area contributed by atoms with Gasteiger partial charge in [-0.2, -0.15) is 5.10 Å². The molecule has 1 aliphatic rings. The number of hydrogen-bond acceptors (Lipinski definition) is 4. The van der Waals surface area contributed by atoms with E-state index in [0.717, 1.165) is 24.2 Å². The molecule has 2 aromatic rings. The molecule has 1 saturated heterocycles. The van der Waals surface area contributed by atoms with E-state index in [0.29, 0.717) is 25.9 Å². The zero-order chi connectivity index (χ0) is 18.4. The lowest BCUT2D eigenvalue weighted by Crippen LogP contribution is -2.44. The van der Waals surface area contributed by atoms with E-state index in [1.165, 1.54) is 0 Å². The van der Waals surface area contributed by atoms with Crippen LogP contribution in [-0.4, -0.2) is 57.8 Å². The van der Waals surface area contributed by atoms with Crippen molar-refractivity contribution in [3.05, 3.63) is 48.3 Å². The number of amides is 1. The second-order valence-corrected chi connectivity index (χ2v) is 6.64. The fourth-order valence-electron chi connectivity index (χ4n) is 3.22. The smallest absolute Gasteiger partial charge is 0.307 e. The minimum Gasteiger partial charge on any atom is -0.481 e. The first-order chi connectivity index (χ1) is 12.6. The van der Waals surface area contributed by atoms with Gasteiger partial charge >= 0.3 is 5.97 Å². The van der Waals surface area contributed by atoms with Gasteiger partial charge in [0.25, 0.3) is 0 Å². The number of carboxylic acids is 1. The summed E-state index contributed by atoms with van der Waals surface area (Å²) in [6, 6.07) is 9.87. The van der Waals surface area contributed by atoms with Gasteiger partial charge in [0.1, 0.15) is 0 Å². The second-order valence-electron chi connectivity index (χ2n) is 6.64. The van der Waals surface area contributed by atoms with Gasteiger partial charge in [0.2, 0.25) is 5.91 Å². The van der Waals surface area contributed by atoms with Crippen LogP contribution in [-0.2, 0) is 16.0 Å². The average molecular weight is 393 g/mol. The summed E-state index contributed by atoms with van der Waals surface area (Å²) in [6.07, 6.45) is 5.99. The normalized spacial score (nSPS) is 17.1. The minimum absolute atomic E-state index is 0. The fraction of sp³-hybridized carbons (Fsp3) is 0.421. The van der Waals surface area contributed by atoms with Gasteiger partial charge in [-0.1, -0.05) is 18.2 Å². The average Bonchev–Trinajstić information content (AvgIpc) is 3.11. The highest BCUT2D eigenvalue weighted by Crippen LogP contribution is 2.16. The topological polar surface area (TPSA) is 87.5 Å². The van der Waals surface area contributed by atoms with Crippen LogP contribution < -0.4 is 5.32 Å². The summed E-state index contributed by atoms with van der Waals surface area (Å²) in [5, 5.41) is 16.4. The van der Waals surface area contributed by atoms with Gasteiger partial charge in [0.15, 0.2) is 0 Å². The number of benzene rings is 1. The highest BCUT2D eigenvalue weighted by molar-refractivity contribution is 5.85. The number of rotatable bonds is 7. The molecule has 1 aliphatic heterocycles. The van der Waals surface area contributed by atoms with Crippen LogP contribution in [0.15, 0.2) is 42.7 Å². The van der Waals surface area contributed by atoms with Crippen molar-refractivity contribution < 1.29 is 14.7 Å². The van der Waals surface area contributed by atoms with Crippen molar-refractivity contribution in [1.82, 2.24) is 20.0 Å². The lowest BCUT2D eigenvalue weighted by Gasteiger charge is -2.29. The Morgan fingerprint density at radius 2 is 2.04 bits per heavy atom. The van der Waals surface area contributed by atoms with Gasteiger partial charge in [-0.25, -0.2) is 4.68 Å². The van der Waals surface area contributed by atoms with Gasteiger partial charge in [0, 0.05) is 19.3 Å². The van der Waals surface area contributed by atoms with Crippen molar-refractivity contribution in [2.75, 3.05) is 26.2 Å². The molecule has 146 valence electrons. The number of carbonyl (C=O) groups excluding carboxylic acids is 1. The van der Waals surface area contributed by atoms with Gasteiger partial charge in [0.05, 0.1) is 24.3 Å². The first-order valence-electron chi connectivity index (χ1n) is 8.92. The molecular weight excluding hydrogens is 368 g/mol. The summed E-state index contributed by atoms with van der Waals surface area (Å²) in [5.41, 5.74) is 2.05. The van der Waals surface area contributed by atoms with E-state index in [1.807, 2.05) is 46.1 Å². The van der Waals surface area contributed by atoms with Crippen LogP contribution in [0.25, 0.3) is 5.69 Å². The Kier molecular flexibility index (Phi) is 7.82. The summed E-state index contributed by atoms with van der Waals surface area (Å²) < 4.78 is 1.82. The van der Waals surface area contributed by atoms with Crippen LogP contribution in [0, 0.1) is 5.92 Å². The quantitative estimate of drug-likeness (QED) is 0.749. The van der Waals surface area contributed by atoms with Crippen LogP contribution in [0.3, 0.4) is 0 Å². The zero-order valence-corrected chi connectivity index (χ0v) is 15.9. The fourth-order valence-corrected chi connectivity index (χ4v) is 3.22. The maximum Gasteiger partial charge on any atom is 0.307 e. The second kappa shape index (κ2) is 10.1. The Morgan fingerprint density at radius 3 is 2.78 bits per heavy atom. The largest absolute Gasteiger partial charge is 0.481 e. The SMILES string of the molecule is Cl.O=C(CN1CCCC(C(=O)O)C1)NCCc1cnn(-c2ccccc2)c1. The predicted molar refractivity (Wildman–Crippen MR) is 104 cm³/mol. The molecule has 0 aliphatic carbocycles. The summed E-state index contributed by atoms with van der Waals surface area (Å²) in [7, 11) is 0. The Labute approximate surface area is 164 Å². The van der Waals surface area contributed by atoms with Crippen molar-refractivity contribution in [3.8, 4) is 5.69 Å². The number of carboxylic acid groups (broad SMARTS) is 1. The van der Waals surface area contributed by atoms with Crippen LogP contribution in [0.2, 0.25) is 0 Å². The Hall–Kier alpha value is -2.38. The number of para-hydroxylation sites is 1. The monoisotopic (exact) mass is 392 g/mol. The Bertz CT molecular complexity index is 750. The van der Waals surface area contributed by atoms with Crippen LogP contribution in [0.1, 0.15) is 18.4 Å². The van der Waals surface area contributed by atoms with Crippen LogP contribution in [0.4, 0.5) is 0 Å². The number of piperidine rings is 1. The number of halogens is 1. The van der Waals surface area contributed by atoms with E-state index in [2.05, 4.69) is 10.4 Å². The van der Waals surface area contributed by atoms with Gasteiger partial charge in [-0.15, -0.1) is 12.4 Å². The number of aromatic nitrogens is 2. The Balaban J connectivity index is 0.00000261. The van der Waals surface area contributed by atoms with Crippen molar-refractivity contribution >= 4 is 24.3 Å². The van der Waals surface area contributed by atoms with Gasteiger partial charge in [-0.05, 0) is 43.5 Å². The molecule has 7 nitrogen and oxygen atoms in total. The molecule has 0 saturated carbocycles. The van der Waals surface area contributed by atoms with E-state index in [9.17, 15) is 9.59 Å². The molecule has 1 unspecified atom stereocenters. The van der Waals surface area contributed by atoms with Gasteiger partial charge < -0.3 is 10.4 Å².